The van der Waals surface area contributed by atoms with E-state index < -0.39 is 0 Å². The highest BCUT2D eigenvalue weighted by molar-refractivity contribution is 8.27. The molecule has 1 saturated heterocycles. The molecular weight excluding hydrogens is 420 g/mol. The maximum Gasteiger partial charge on any atom is 0.268 e. The van der Waals surface area contributed by atoms with Crippen LogP contribution in [-0.2, 0) is 9.53 Å². The number of unbranched alkanes of at least 4 members (excludes halogenated alkanes) is 1. The van der Waals surface area contributed by atoms with Crippen molar-refractivity contribution in [3.8, 4) is 0 Å². The molecule has 0 aromatic heterocycles. The number of carbonyl (C=O) groups is 1. The Balaban J connectivity index is 1.72. The van der Waals surface area contributed by atoms with Crippen LogP contribution in [0.15, 0.2) is 51.2 Å². The van der Waals surface area contributed by atoms with Gasteiger partial charge in [-0.2, -0.15) is 0 Å². The SMILES string of the molecule is CCCCOCCN1/C(=C2/SC(=S)N(CC)C2=O)Sc2c1ccc1ccccc21. The summed E-state index contributed by atoms with van der Waals surface area (Å²) in [4.78, 5) is 18.8. The van der Waals surface area contributed by atoms with Gasteiger partial charge in [-0.1, -0.05) is 79.4 Å². The van der Waals surface area contributed by atoms with Gasteiger partial charge in [0.05, 0.1) is 12.3 Å². The predicted octanol–water partition coefficient (Wildman–Crippen LogP) is 5.62. The van der Waals surface area contributed by atoms with E-state index in [1.807, 2.05) is 6.92 Å². The lowest BCUT2D eigenvalue weighted by Crippen LogP contribution is -2.29. The molecule has 2 aromatic carbocycles. The van der Waals surface area contributed by atoms with Crippen LogP contribution in [0.5, 0.6) is 0 Å². The van der Waals surface area contributed by atoms with Gasteiger partial charge in [-0.25, -0.2) is 0 Å². The summed E-state index contributed by atoms with van der Waals surface area (Å²) in [5.41, 5.74) is 1.14. The van der Waals surface area contributed by atoms with Gasteiger partial charge in [-0.05, 0) is 30.2 Å². The van der Waals surface area contributed by atoms with Crippen molar-refractivity contribution in [2.45, 2.75) is 31.6 Å². The van der Waals surface area contributed by atoms with Crippen LogP contribution in [0.4, 0.5) is 5.69 Å². The van der Waals surface area contributed by atoms with Crippen LogP contribution in [0.3, 0.4) is 0 Å². The van der Waals surface area contributed by atoms with Gasteiger partial charge >= 0.3 is 0 Å². The number of rotatable bonds is 7. The van der Waals surface area contributed by atoms with E-state index in [9.17, 15) is 4.79 Å². The zero-order chi connectivity index (χ0) is 20.4. The second-order valence-corrected chi connectivity index (χ2v) is 9.55. The molecule has 0 radical (unpaired) electrons. The number of benzene rings is 2. The number of thioether (sulfide) groups is 2. The molecule has 1 fully saturated rings. The van der Waals surface area contributed by atoms with Gasteiger partial charge in [0.25, 0.3) is 5.91 Å². The van der Waals surface area contributed by atoms with Crippen molar-refractivity contribution >= 4 is 62.4 Å². The zero-order valence-electron chi connectivity index (χ0n) is 16.6. The van der Waals surface area contributed by atoms with Gasteiger partial charge < -0.3 is 9.64 Å². The third-order valence-corrected chi connectivity index (χ3v) is 7.87. The van der Waals surface area contributed by atoms with Crippen molar-refractivity contribution < 1.29 is 9.53 Å². The van der Waals surface area contributed by atoms with Crippen molar-refractivity contribution in [3.05, 3.63) is 46.3 Å². The molecule has 4 rings (SSSR count). The average Bonchev–Trinajstić information content (AvgIpc) is 3.24. The number of nitrogens with zero attached hydrogens (tertiary/aromatic N) is 2. The van der Waals surface area contributed by atoms with Crippen LogP contribution in [0.2, 0.25) is 0 Å². The van der Waals surface area contributed by atoms with Gasteiger partial charge in [-0.15, -0.1) is 0 Å². The van der Waals surface area contributed by atoms with E-state index in [0.29, 0.717) is 24.0 Å². The van der Waals surface area contributed by atoms with E-state index in [1.54, 1.807) is 16.7 Å². The molecule has 0 N–H and O–H groups in total. The van der Waals surface area contributed by atoms with E-state index in [1.165, 1.54) is 27.4 Å². The molecule has 4 nitrogen and oxygen atoms in total. The minimum absolute atomic E-state index is 0.0130. The first-order chi connectivity index (χ1) is 14.2. The summed E-state index contributed by atoms with van der Waals surface area (Å²) in [7, 11) is 0. The summed E-state index contributed by atoms with van der Waals surface area (Å²) < 4.78 is 6.48. The largest absolute Gasteiger partial charge is 0.380 e. The second-order valence-electron chi connectivity index (χ2n) is 6.91. The van der Waals surface area contributed by atoms with E-state index in [2.05, 4.69) is 48.2 Å². The number of hydrogen-bond donors (Lipinski definition) is 0. The maximum atomic E-state index is 13.0. The molecule has 0 saturated carbocycles. The minimum Gasteiger partial charge on any atom is -0.380 e. The first kappa shape index (κ1) is 20.7. The molecule has 152 valence electrons. The van der Waals surface area contributed by atoms with Crippen molar-refractivity contribution in [2.75, 3.05) is 31.2 Å². The van der Waals surface area contributed by atoms with E-state index in [4.69, 9.17) is 17.0 Å². The number of amides is 1. The molecule has 2 heterocycles. The monoisotopic (exact) mass is 444 g/mol. The fourth-order valence-electron chi connectivity index (χ4n) is 3.51. The highest BCUT2D eigenvalue weighted by atomic mass is 32.2. The Kier molecular flexibility index (Phi) is 6.49. The van der Waals surface area contributed by atoms with Crippen LogP contribution < -0.4 is 4.90 Å². The first-order valence-corrected chi connectivity index (χ1v) is 12.0. The molecule has 1 amide bonds. The Morgan fingerprint density at radius 1 is 1.03 bits per heavy atom. The molecule has 2 aliphatic rings. The smallest absolute Gasteiger partial charge is 0.268 e. The Bertz CT molecular complexity index is 989. The topological polar surface area (TPSA) is 32.8 Å². The number of ether oxygens (including phenoxy) is 1. The number of thiocarbonyl (C=S) groups is 1. The molecule has 0 atom stereocenters. The Hall–Kier alpha value is -1.54. The van der Waals surface area contributed by atoms with Crippen molar-refractivity contribution in [1.29, 1.82) is 0 Å². The summed E-state index contributed by atoms with van der Waals surface area (Å²) in [6.45, 7) is 6.84. The van der Waals surface area contributed by atoms with E-state index in [0.717, 1.165) is 35.1 Å². The van der Waals surface area contributed by atoms with Gasteiger partial charge in [0.1, 0.15) is 14.3 Å². The van der Waals surface area contributed by atoms with Gasteiger partial charge in [0.15, 0.2) is 0 Å². The lowest BCUT2D eigenvalue weighted by Gasteiger charge is -2.21. The highest BCUT2D eigenvalue weighted by Gasteiger charge is 2.38. The van der Waals surface area contributed by atoms with E-state index >= 15 is 0 Å². The van der Waals surface area contributed by atoms with Crippen LogP contribution >= 0.6 is 35.7 Å². The first-order valence-electron chi connectivity index (χ1n) is 9.98. The summed E-state index contributed by atoms with van der Waals surface area (Å²) in [5, 5.41) is 3.40. The van der Waals surface area contributed by atoms with Crippen molar-refractivity contribution in [1.82, 2.24) is 4.90 Å². The summed E-state index contributed by atoms with van der Waals surface area (Å²) >= 11 is 8.54. The zero-order valence-corrected chi connectivity index (χ0v) is 19.1. The summed E-state index contributed by atoms with van der Waals surface area (Å²) in [5.74, 6) is 0.0130. The lowest BCUT2D eigenvalue weighted by molar-refractivity contribution is -0.122. The number of fused-ring (bicyclic) bond motifs is 3. The normalized spacial score (nSPS) is 19.0. The standard InChI is InChI=1S/C22H24N2O2S3/c1-3-5-13-26-14-12-24-17-11-10-15-8-6-7-9-16(15)18(17)28-21(24)19-20(25)23(4-2)22(27)29-19/h6-11H,3-5,12-14H2,1-2H3/b21-19-. The lowest BCUT2D eigenvalue weighted by atomic mass is 10.1. The molecule has 2 aliphatic heterocycles. The molecular formula is C22H24N2O2S3. The Labute approximate surface area is 185 Å². The fourth-order valence-corrected chi connectivity index (χ4v) is 6.36. The molecule has 29 heavy (non-hydrogen) atoms. The highest BCUT2D eigenvalue weighted by Crippen LogP contribution is 2.52. The quantitative estimate of drug-likeness (QED) is 0.313. The molecule has 0 bridgehead atoms. The van der Waals surface area contributed by atoms with Crippen molar-refractivity contribution in [2.24, 2.45) is 0 Å². The Morgan fingerprint density at radius 3 is 2.62 bits per heavy atom. The van der Waals surface area contributed by atoms with Crippen molar-refractivity contribution in [3.63, 3.8) is 0 Å². The molecule has 2 aromatic rings. The molecule has 7 heteroatoms. The predicted molar refractivity (Wildman–Crippen MR) is 127 cm³/mol. The van der Waals surface area contributed by atoms with Crippen LogP contribution in [-0.4, -0.2) is 41.4 Å². The van der Waals surface area contributed by atoms with Gasteiger partial charge in [0, 0.05) is 24.6 Å². The number of hydrogen-bond acceptors (Lipinski definition) is 6. The molecule has 0 spiro atoms. The fraction of sp³-hybridized carbons (Fsp3) is 0.364. The third-order valence-electron chi connectivity index (χ3n) is 5.05. The maximum absolute atomic E-state index is 13.0. The molecule has 0 aliphatic carbocycles. The average molecular weight is 445 g/mol. The number of anilines is 1. The number of likely N-dealkylation sites (N-methyl/N-ethyl adjacent to an activating group) is 1. The van der Waals surface area contributed by atoms with Crippen LogP contribution in [0.1, 0.15) is 26.7 Å². The summed E-state index contributed by atoms with van der Waals surface area (Å²) in [6, 6.07) is 12.7. The van der Waals surface area contributed by atoms with Crippen LogP contribution in [0, 0.1) is 0 Å². The van der Waals surface area contributed by atoms with Gasteiger partial charge in [0.2, 0.25) is 0 Å². The number of carbonyl (C=O) groups excluding carboxylic acids is 1. The Morgan fingerprint density at radius 2 is 1.86 bits per heavy atom. The van der Waals surface area contributed by atoms with E-state index in [-0.39, 0.29) is 5.91 Å². The third kappa shape index (κ3) is 3.93. The summed E-state index contributed by atoms with van der Waals surface area (Å²) in [6.07, 6.45) is 2.19. The van der Waals surface area contributed by atoms with Gasteiger partial charge in [-0.3, -0.25) is 9.69 Å². The minimum atomic E-state index is 0.0130. The molecule has 0 unspecified atom stereocenters. The second kappa shape index (κ2) is 9.08. The van der Waals surface area contributed by atoms with Crippen LogP contribution in [0.25, 0.3) is 10.8 Å².